The molecule has 0 bridgehead atoms. The molecule has 6 nitrogen and oxygen atoms in total. The number of ketones is 1. The molecule has 0 fully saturated rings. The van der Waals surface area contributed by atoms with Crippen LogP contribution in [0, 0.1) is 17.2 Å². The van der Waals surface area contributed by atoms with Gasteiger partial charge in [0.1, 0.15) is 5.69 Å². The normalized spacial score (nSPS) is 14.9. The number of para-hydroxylation sites is 1. The smallest absolute Gasteiger partial charge is 0.249 e. The fraction of sp³-hybridized carbons (Fsp3) is 0.0769. The molecule has 2 atom stereocenters. The van der Waals surface area contributed by atoms with Crippen molar-refractivity contribution in [1.29, 1.82) is 5.26 Å². The van der Waals surface area contributed by atoms with Crippen molar-refractivity contribution < 1.29 is 9.59 Å². The Balaban J connectivity index is 1.58. The van der Waals surface area contributed by atoms with Crippen molar-refractivity contribution in [2.45, 2.75) is 10.1 Å². The van der Waals surface area contributed by atoms with E-state index in [1.807, 2.05) is 60.7 Å². The zero-order chi connectivity index (χ0) is 23.7. The number of anilines is 1. The summed E-state index contributed by atoms with van der Waals surface area (Å²) >= 11 is 7.82. The van der Waals surface area contributed by atoms with Gasteiger partial charge < -0.3 is 5.32 Å². The second-order valence-electron chi connectivity index (χ2n) is 7.69. The average molecular weight is 485 g/mol. The van der Waals surface area contributed by atoms with E-state index in [9.17, 15) is 14.9 Å². The molecule has 0 saturated heterocycles. The Labute approximate surface area is 205 Å². The number of carbonyl (C=O) groups excluding carboxylic acids is 2. The van der Waals surface area contributed by atoms with E-state index in [2.05, 4.69) is 15.5 Å². The van der Waals surface area contributed by atoms with E-state index >= 15 is 0 Å². The lowest BCUT2D eigenvalue weighted by Crippen LogP contribution is -2.29. The topological polar surface area (TPSA) is 98.6 Å². The van der Waals surface area contributed by atoms with Crippen LogP contribution in [-0.2, 0) is 4.79 Å². The first-order valence-corrected chi connectivity index (χ1v) is 11.7. The van der Waals surface area contributed by atoms with Crippen molar-refractivity contribution in [3.63, 3.8) is 0 Å². The van der Waals surface area contributed by atoms with Crippen LogP contribution < -0.4 is 5.32 Å². The summed E-state index contributed by atoms with van der Waals surface area (Å²) < 4.78 is 0. The Hall–Kier alpha value is -3.86. The lowest BCUT2D eigenvalue weighted by molar-refractivity contribution is -0.117. The van der Waals surface area contributed by atoms with Gasteiger partial charge in [-0.1, -0.05) is 60.1 Å². The van der Waals surface area contributed by atoms with E-state index in [0.29, 0.717) is 22.0 Å². The van der Waals surface area contributed by atoms with Crippen molar-refractivity contribution in [1.82, 2.24) is 10.2 Å². The second-order valence-corrected chi connectivity index (χ2v) is 9.27. The number of nitriles is 1. The predicted molar refractivity (Wildman–Crippen MR) is 132 cm³/mol. The third-order valence-corrected chi connectivity index (χ3v) is 7.14. The number of fused-ring (bicyclic) bond motifs is 3. The molecule has 0 saturated carbocycles. The third kappa shape index (κ3) is 3.98. The first-order valence-electron chi connectivity index (χ1n) is 10.5. The summed E-state index contributed by atoms with van der Waals surface area (Å²) in [4.78, 5) is 27.3. The van der Waals surface area contributed by atoms with Crippen LogP contribution in [0.2, 0.25) is 5.02 Å². The number of thioether (sulfide) groups is 1. The summed E-state index contributed by atoms with van der Waals surface area (Å²) in [7, 11) is 0. The lowest BCUT2D eigenvalue weighted by Gasteiger charge is -2.25. The molecular weight excluding hydrogens is 468 g/mol. The molecule has 1 aliphatic rings. The minimum Gasteiger partial charge on any atom is -0.325 e. The van der Waals surface area contributed by atoms with Gasteiger partial charge >= 0.3 is 0 Å². The highest BCUT2D eigenvalue weighted by atomic mass is 35.5. The number of amides is 1. The number of benzene rings is 3. The maximum Gasteiger partial charge on any atom is 0.249 e. The van der Waals surface area contributed by atoms with Crippen LogP contribution in [0.15, 0.2) is 83.8 Å². The van der Waals surface area contributed by atoms with E-state index in [4.69, 9.17) is 11.6 Å². The van der Waals surface area contributed by atoms with Crippen molar-refractivity contribution in [2.24, 2.45) is 5.92 Å². The maximum atomic E-state index is 13.5. The molecule has 1 aliphatic heterocycles. The number of nitrogens with one attached hydrogen (secondary N) is 2. The van der Waals surface area contributed by atoms with Crippen molar-refractivity contribution >= 4 is 40.7 Å². The molecule has 0 spiro atoms. The van der Waals surface area contributed by atoms with Crippen molar-refractivity contribution in [3.8, 4) is 17.3 Å². The molecule has 2 unspecified atom stereocenters. The first kappa shape index (κ1) is 22.0. The van der Waals surface area contributed by atoms with Gasteiger partial charge in [-0.15, -0.1) is 11.8 Å². The number of carbonyl (C=O) groups is 2. The largest absolute Gasteiger partial charge is 0.325 e. The molecule has 0 aliphatic carbocycles. The van der Waals surface area contributed by atoms with Gasteiger partial charge in [-0.05, 0) is 35.9 Å². The van der Waals surface area contributed by atoms with Crippen LogP contribution in [0.3, 0.4) is 0 Å². The molecule has 2 heterocycles. The summed E-state index contributed by atoms with van der Waals surface area (Å²) in [5.74, 6) is -2.89. The van der Waals surface area contributed by atoms with Gasteiger partial charge in [0.05, 0.1) is 17.0 Å². The van der Waals surface area contributed by atoms with Crippen LogP contribution >= 0.6 is 23.4 Å². The number of aromatic nitrogens is 2. The van der Waals surface area contributed by atoms with Crippen LogP contribution in [0.25, 0.3) is 11.3 Å². The first-order chi connectivity index (χ1) is 16.6. The zero-order valence-electron chi connectivity index (χ0n) is 17.7. The van der Waals surface area contributed by atoms with E-state index in [0.717, 1.165) is 16.0 Å². The quantitative estimate of drug-likeness (QED) is 0.272. The number of Topliss-reactive ketones (excluding diaryl/α,β-unsaturated/α-hetero) is 1. The Bertz CT molecular complexity index is 1430. The van der Waals surface area contributed by atoms with E-state index in [1.54, 1.807) is 36.0 Å². The molecule has 4 aromatic rings. The summed E-state index contributed by atoms with van der Waals surface area (Å²) in [5, 5.41) is 20.0. The number of halogens is 1. The van der Waals surface area contributed by atoms with Crippen molar-refractivity contribution in [2.75, 3.05) is 5.32 Å². The minimum atomic E-state index is -1.55. The van der Waals surface area contributed by atoms with Crippen molar-refractivity contribution in [3.05, 3.63) is 101 Å². The maximum absolute atomic E-state index is 13.5. The molecule has 166 valence electrons. The number of nitrogens with zero attached hydrogens (tertiary/aromatic N) is 2. The van der Waals surface area contributed by atoms with Gasteiger partial charge in [0, 0.05) is 26.7 Å². The molecule has 1 amide bonds. The Kier molecular flexibility index (Phi) is 5.93. The number of rotatable bonds is 5. The van der Waals surface area contributed by atoms with E-state index in [1.165, 1.54) is 0 Å². The van der Waals surface area contributed by atoms with Gasteiger partial charge in [-0.3, -0.25) is 14.7 Å². The van der Waals surface area contributed by atoms with Crippen LogP contribution in [0.1, 0.15) is 26.9 Å². The Morgan fingerprint density at radius 3 is 2.47 bits per heavy atom. The predicted octanol–water partition coefficient (Wildman–Crippen LogP) is 5.89. The van der Waals surface area contributed by atoms with Crippen LogP contribution in [0.5, 0.6) is 0 Å². The Morgan fingerprint density at radius 1 is 1.06 bits per heavy atom. The molecule has 8 heteroatoms. The number of H-pyrrole nitrogens is 1. The molecule has 5 rings (SSSR count). The molecule has 1 aromatic heterocycles. The summed E-state index contributed by atoms with van der Waals surface area (Å²) in [5.41, 5.74) is 3.69. The highest BCUT2D eigenvalue weighted by molar-refractivity contribution is 8.00. The van der Waals surface area contributed by atoms with Gasteiger partial charge in [-0.25, -0.2) is 0 Å². The number of hydrogen-bond acceptors (Lipinski definition) is 5. The molecule has 0 radical (unpaired) electrons. The summed E-state index contributed by atoms with van der Waals surface area (Å²) in [6.07, 6.45) is 0. The van der Waals surface area contributed by atoms with E-state index in [-0.39, 0.29) is 10.9 Å². The van der Waals surface area contributed by atoms with Gasteiger partial charge in [0.15, 0.2) is 5.92 Å². The monoisotopic (exact) mass is 484 g/mol. The standard InChI is InChI=1S/C26H17ClN4O2S/c27-16-11-12-20-18(13-16)22-21(25(34-20)15-7-3-1-4-8-15)23(31-30-22)24(32)19(14-28)26(33)29-17-9-5-2-6-10-17/h1-13,19,25H,(H,29,33)(H,30,31). The number of aromatic amines is 1. The zero-order valence-corrected chi connectivity index (χ0v) is 19.2. The van der Waals surface area contributed by atoms with Gasteiger partial charge in [0.2, 0.25) is 11.7 Å². The highest BCUT2D eigenvalue weighted by Crippen LogP contribution is 2.52. The van der Waals surface area contributed by atoms with Gasteiger partial charge in [0.25, 0.3) is 0 Å². The number of hydrogen-bond donors (Lipinski definition) is 2. The highest BCUT2D eigenvalue weighted by Gasteiger charge is 2.38. The lowest BCUT2D eigenvalue weighted by atomic mass is 9.92. The van der Waals surface area contributed by atoms with Crippen LogP contribution in [0.4, 0.5) is 5.69 Å². The third-order valence-electron chi connectivity index (χ3n) is 5.55. The minimum absolute atomic E-state index is 0.0803. The molecule has 2 N–H and O–H groups in total. The summed E-state index contributed by atoms with van der Waals surface area (Å²) in [6.45, 7) is 0. The Morgan fingerprint density at radius 2 is 1.76 bits per heavy atom. The van der Waals surface area contributed by atoms with E-state index < -0.39 is 17.6 Å². The summed E-state index contributed by atoms with van der Waals surface area (Å²) in [6, 6.07) is 25.9. The van der Waals surface area contributed by atoms with Gasteiger partial charge in [-0.2, -0.15) is 10.4 Å². The van der Waals surface area contributed by atoms with Crippen LogP contribution in [-0.4, -0.2) is 21.9 Å². The molecule has 3 aromatic carbocycles. The SMILES string of the molecule is N#CC(C(=O)Nc1ccccc1)C(=O)c1n[nH]c2c1C(c1ccccc1)Sc1ccc(Cl)cc1-2. The average Bonchev–Trinajstić information content (AvgIpc) is 3.31. The fourth-order valence-electron chi connectivity index (χ4n) is 3.96. The fourth-order valence-corrected chi connectivity index (χ4v) is 5.46. The second kappa shape index (κ2) is 9.18. The molecular formula is C26H17ClN4O2S. The molecule has 34 heavy (non-hydrogen) atoms.